The van der Waals surface area contributed by atoms with Gasteiger partial charge < -0.3 is 9.32 Å². The first-order valence-corrected chi connectivity index (χ1v) is 7.33. The van der Waals surface area contributed by atoms with E-state index in [-0.39, 0.29) is 11.7 Å². The maximum absolute atomic E-state index is 12.2. The van der Waals surface area contributed by atoms with Gasteiger partial charge in [0.2, 0.25) is 0 Å². The lowest BCUT2D eigenvalue weighted by atomic mass is 9.95. The zero-order chi connectivity index (χ0) is 13.8. The zero-order valence-electron chi connectivity index (χ0n) is 10.4. The second-order valence-corrected chi connectivity index (χ2v) is 5.43. The first-order chi connectivity index (χ1) is 9.11. The summed E-state index contributed by atoms with van der Waals surface area (Å²) in [4.78, 5) is 23.8. The topological polar surface area (TPSA) is 76.6 Å². The molecule has 0 spiro atoms. The largest absolute Gasteiger partial charge is 0.433 e. The molecule has 1 amide bonds. The van der Waals surface area contributed by atoms with Crippen molar-refractivity contribution in [3.63, 3.8) is 0 Å². The highest BCUT2D eigenvalue weighted by Gasteiger charge is 2.27. The number of nitrogens with zero attached hydrogens (tertiary/aromatic N) is 2. The maximum atomic E-state index is 12.2. The van der Waals surface area contributed by atoms with Crippen LogP contribution in [-0.2, 0) is 0 Å². The van der Waals surface area contributed by atoms with E-state index in [0.717, 1.165) is 24.6 Å². The van der Waals surface area contributed by atoms with Gasteiger partial charge in [0.15, 0.2) is 5.76 Å². The number of amides is 1. The van der Waals surface area contributed by atoms with E-state index < -0.39 is 10.8 Å². The van der Waals surface area contributed by atoms with Gasteiger partial charge in [0.05, 0.1) is 6.07 Å². The fourth-order valence-electron chi connectivity index (χ4n) is 2.34. The van der Waals surface area contributed by atoms with Crippen LogP contribution < -0.4 is 0 Å². The molecular weight excluding hydrogens is 316 g/mol. The molecule has 19 heavy (non-hydrogen) atoms. The smallest absolute Gasteiger partial charge is 0.395 e. The molecule has 1 aliphatic heterocycles. The average Bonchev–Trinajstić information content (AvgIpc) is 2.88. The van der Waals surface area contributed by atoms with Crippen molar-refractivity contribution in [3.05, 3.63) is 28.0 Å². The molecule has 1 unspecified atom stereocenters. The Morgan fingerprint density at radius 2 is 2.37 bits per heavy atom. The standard InChI is InChI=1S/C12H15BrN2O4/c13-6-5-9-2-1-7-14(8-9)12(16)10-3-4-11(19-10)15(17)18/h3-4,9H,1-2,5-8H2. The van der Waals surface area contributed by atoms with Gasteiger partial charge in [0, 0.05) is 18.4 Å². The molecule has 1 saturated heterocycles. The van der Waals surface area contributed by atoms with E-state index in [0.29, 0.717) is 19.0 Å². The van der Waals surface area contributed by atoms with Crippen LogP contribution in [0.25, 0.3) is 0 Å². The van der Waals surface area contributed by atoms with E-state index in [9.17, 15) is 14.9 Å². The van der Waals surface area contributed by atoms with Gasteiger partial charge in [-0.3, -0.25) is 14.9 Å². The first kappa shape index (κ1) is 14.0. The summed E-state index contributed by atoms with van der Waals surface area (Å²) in [6.45, 7) is 1.38. The van der Waals surface area contributed by atoms with Crippen molar-refractivity contribution in [1.29, 1.82) is 0 Å². The number of halogens is 1. The van der Waals surface area contributed by atoms with Gasteiger partial charge >= 0.3 is 5.88 Å². The van der Waals surface area contributed by atoms with Crippen LogP contribution in [0.4, 0.5) is 5.88 Å². The Kier molecular flexibility index (Phi) is 4.57. The summed E-state index contributed by atoms with van der Waals surface area (Å²) in [6, 6.07) is 2.59. The number of likely N-dealkylation sites (tertiary alicyclic amines) is 1. The van der Waals surface area contributed by atoms with E-state index >= 15 is 0 Å². The monoisotopic (exact) mass is 330 g/mol. The molecule has 0 bridgehead atoms. The summed E-state index contributed by atoms with van der Waals surface area (Å²) >= 11 is 3.41. The quantitative estimate of drug-likeness (QED) is 0.483. The maximum Gasteiger partial charge on any atom is 0.433 e. The second-order valence-electron chi connectivity index (χ2n) is 4.63. The van der Waals surface area contributed by atoms with E-state index in [2.05, 4.69) is 15.9 Å². The molecule has 0 saturated carbocycles. The number of hydrogen-bond donors (Lipinski definition) is 0. The number of rotatable bonds is 4. The number of carbonyl (C=O) groups is 1. The third-order valence-electron chi connectivity index (χ3n) is 3.31. The molecule has 104 valence electrons. The van der Waals surface area contributed by atoms with Crippen molar-refractivity contribution in [2.24, 2.45) is 5.92 Å². The van der Waals surface area contributed by atoms with Gasteiger partial charge in [-0.1, -0.05) is 15.9 Å². The molecule has 0 radical (unpaired) electrons. The number of nitro groups is 1. The van der Waals surface area contributed by atoms with Gasteiger partial charge in [0.1, 0.15) is 4.92 Å². The molecule has 1 aliphatic rings. The van der Waals surface area contributed by atoms with Gasteiger partial charge in [-0.2, -0.15) is 0 Å². The lowest BCUT2D eigenvalue weighted by Crippen LogP contribution is -2.39. The third-order valence-corrected chi connectivity index (χ3v) is 3.76. The molecule has 2 heterocycles. The van der Waals surface area contributed by atoms with Gasteiger partial charge in [0.25, 0.3) is 5.91 Å². The predicted octanol–water partition coefficient (Wildman–Crippen LogP) is 2.83. The summed E-state index contributed by atoms with van der Waals surface area (Å²) in [7, 11) is 0. The lowest BCUT2D eigenvalue weighted by molar-refractivity contribution is -0.402. The van der Waals surface area contributed by atoms with Crippen LogP contribution >= 0.6 is 15.9 Å². The molecule has 0 aliphatic carbocycles. The minimum atomic E-state index is -0.638. The molecule has 1 aromatic heterocycles. The van der Waals surface area contributed by atoms with Crippen molar-refractivity contribution in [1.82, 2.24) is 4.90 Å². The Hall–Kier alpha value is -1.37. The second kappa shape index (κ2) is 6.18. The van der Waals surface area contributed by atoms with Crippen LogP contribution in [0.15, 0.2) is 16.5 Å². The number of furan rings is 1. The summed E-state index contributed by atoms with van der Waals surface area (Å²) in [5, 5.41) is 11.5. The highest BCUT2D eigenvalue weighted by molar-refractivity contribution is 9.09. The predicted molar refractivity (Wildman–Crippen MR) is 72.4 cm³/mol. The first-order valence-electron chi connectivity index (χ1n) is 6.21. The summed E-state index contributed by atoms with van der Waals surface area (Å²) in [5.74, 6) is -0.113. The summed E-state index contributed by atoms with van der Waals surface area (Å²) in [5.41, 5.74) is 0. The Bertz CT molecular complexity index is 472. The van der Waals surface area contributed by atoms with Crippen LogP contribution in [-0.4, -0.2) is 34.2 Å². The average molecular weight is 331 g/mol. The Balaban J connectivity index is 2.03. The molecule has 0 N–H and O–H groups in total. The van der Waals surface area contributed by atoms with Gasteiger partial charge in [-0.15, -0.1) is 0 Å². The number of hydrogen-bond acceptors (Lipinski definition) is 4. The van der Waals surface area contributed by atoms with Crippen LogP contribution in [0.2, 0.25) is 0 Å². The number of carbonyl (C=O) groups excluding carboxylic acids is 1. The molecule has 6 nitrogen and oxygen atoms in total. The normalized spacial score (nSPS) is 19.4. The Labute approximate surface area is 119 Å². The van der Waals surface area contributed by atoms with E-state index in [4.69, 9.17) is 4.42 Å². The SMILES string of the molecule is O=C(c1ccc([N+](=O)[O-])o1)N1CCCC(CCBr)C1. The van der Waals surface area contributed by atoms with Crippen LogP contribution in [0, 0.1) is 16.0 Å². The molecule has 0 aromatic carbocycles. The fourth-order valence-corrected chi connectivity index (χ4v) is 2.98. The van der Waals surface area contributed by atoms with Crippen LogP contribution in [0.3, 0.4) is 0 Å². The lowest BCUT2D eigenvalue weighted by Gasteiger charge is -2.31. The van der Waals surface area contributed by atoms with Crippen LogP contribution in [0.5, 0.6) is 0 Å². The van der Waals surface area contributed by atoms with Gasteiger partial charge in [-0.25, -0.2) is 0 Å². The van der Waals surface area contributed by atoms with Crippen molar-refractivity contribution in [2.45, 2.75) is 19.3 Å². The van der Waals surface area contributed by atoms with Crippen molar-refractivity contribution in [2.75, 3.05) is 18.4 Å². The van der Waals surface area contributed by atoms with Crippen molar-refractivity contribution >= 4 is 27.7 Å². The Morgan fingerprint density at radius 3 is 3.00 bits per heavy atom. The summed E-state index contributed by atoms with van der Waals surface area (Å²) < 4.78 is 4.96. The molecule has 2 rings (SSSR count). The number of alkyl halides is 1. The fraction of sp³-hybridized carbons (Fsp3) is 0.583. The minimum absolute atomic E-state index is 0.0474. The van der Waals surface area contributed by atoms with Crippen molar-refractivity contribution < 1.29 is 14.1 Å². The molecule has 7 heteroatoms. The highest BCUT2D eigenvalue weighted by atomic mass is 79.9. The van der Waals surface area contributed by atoms with E-state index in [1.54, 1.807) is 4.90 Å². The van der Waals surface area contributed by atoms with E-state index in [1.807, 2.05) is 0 Å². The Morgan fingerprint density at radius 1 is 1.58 bits per heavy atom. The zero-order valence-corrected chi connectivity index (χ0v) is 12.0. The highest BCUT2D eigenvalue weighted by Crippen LogP contribution is 2.23. The third kappa shape index (κ3) is 3.34. The minimum Gasteiger partial charge on any atom is -0.395 e. The molecule has 1 fully saturated rings. The van der Waals surface area contributed by atoms with Gasteiger partial charge in [-0.05, 0) is 31.2 Å². The number of piperidine rings is 1. The molecule has 1 atom stereocenters. The van der Waals surface area contributed by atoms with E-state index in [1.165, 1.54) is 12.1 Å². The van der Waals surface area contributed by atoms with Crippen LogP contribution in [0.1, 0.15) is 29.8 Å². The van der Waals surface area contributed by atoms with Crippen molar-refractivity contribution in [3.8, 4) is 0 Å². The molecular formula is C12H15BrN2O4. The molecule has 1 aromatic rings. The summed E-state index contributed by atoms with van der Waals surface area (Å²) in [6.07, 6.45) is 3.11.